The van der Waals surface area contributed by atoms with Gasteiger partial charge in [0, 0.05) is 22.1 Å². The molecule has 158 valence electrons. The summed E-state index contributed by atoms with van der Waals surface area (Å²) in [4.78, 5) is 13.5. The molecule has 9 heteroatoms. The number of benzene rings is 2. The average molecular weight is 446 g/mol. The van der Waals surface area contributed by atoms with Gasteiger partial charge < -0.3 is 4.42 Å². The predicted octanol–water partition coefficient (Wildman–Crippen LogP) is 4.43. The second-order valence-electron chi connectivity index (χ2n) is 6.89. The van der Waals surface area contributed by atoms with Crippen LogP contribution in [0.15, 0.2) is 68.8 Å². The largest absolute Gasteiger partial charge is 0.403 e. The second-order valence-corrected chi connectivity index (χ2v) is 10.6. The molecule has 1 heterocycles. The fourth-order valence-corrected chi connectivity index (χ4v) is 4.94. The van der Waals surface area contributed by atoms with E-state index < -0.39 is 9.84 Å². The lowest BCUT2D eigenvalue weighted by Crippen LogP contribution is -2.14. The first kappa shape index (κ1) is 22.0. The number of thioether (sulfide) groups is 1. The van der Waals surface area contributed by atoms with Crippen molar-refractivity contribution in [3.63, 3.8) is 0 Å². The SMILES string of the molecule is CC(C)Sc1cccc(-c2nnc(NC(=O)CCCS(=O)(=O)c3ccccc3)o2)c1. The summed E-state index contributed by atoms with van der Waals surface area (Å²) < 4.78 is 30.0. The first-order valence-corrected chi connectivity index (χ1v) is 12.0. The predicted molar refractivity (Wildman–Crippen MR) is 117 cm³/mol. The summed E-state index contributed by atoms with van der Waals surface area (Å²) in [5.41, 5.74) is 0.766. The third-order valence-electron chi connectivity index (χ3n) is 4.04. The van der Waals surface area contributed by atoms with Crippen LogP contribution in [0, 0.1) is 0 Å². The summed E-state index contributed by atoms with van der Waals surface area (Å²) in [5.74, 6) is -0.180. The van der Waals surface area contributed by atoms with Gasteiger partial charge in [0.25, 0.3) is 0 Å². The zero-order valence-electron chi connectivity index (χ0n) is 16.7. The molecule has 1 N–H and O–H groups in total. The van der Waals surface area contributed by atoms with Gasteiger partial charge in [0.1, 0.15) is 0 Å². The van der Waals surface area contributed by atoms with Crippen molar-refractivity contribution in [2.45, 2.75) is 41.7 Å². The Morgan fingerprint density at radius 1 is 1.10 bits per heavy atom. The number of hydrogen-bond donors (Lipinski definition) is 1. The van der Waals surface area contributed by atoms with E-state index in [4.69, 9.17) is 4.42 Å². The summed E-state index contributed by atoms with van der Waals surface area (Å²) in [6, 6.07) is 15.9. The molecule has 3 rings (SSSR count). The lowest BCUT2D eigenvalue weighted by atomic mass is 10.2. The molecular formula is C21H23N3O4S2. The van der Waals surface area contributed by atoms with Gasteiger partial charge in [-0.05, 0) is 36.8 Å². The van der Waals surface area contributed by atoms with Gasteiger partial charge in [-0.15, -0.1) is 16.9 Å². The molecule has 0 saturated carbocycles. The Morgan fingerprint density at radius 3 is 2.60 bits per heavy atom. The molecule has 0 bridgehead atoms. The Balaban J connectivity index is 1.54. The molecule has 0 spiro atoms. The molecular weight excluding hydrogens is 422 g/mol. The molecule has 0 atom stereocenters. The molecule has 0 fully saturated rings. The Morgan fingerprint density at radius 2 is 1.87 bits per heavy atom. The van der Waals surface area contributed by atoms with E-state index in [0.29, 0.717) is 11.1 Å². The lowest BCUT2D eigenvalue weighted by molar-refractivity contribution is -0.116. The maximum atomic E-state index is 12.3. The summed E-state index contributed by atoms with van der Waals surface area (Å²) in [7, 11) is -3.41. The molecule has 0 radical (unpaired) electrons. The van der Waals surface area contributed by atoms with Crippen LogP contribution < -0.4 is 5.32 Å². The van der Waals surface area contributed by atoms with E-state index in [1.54, 1.807) is 42.1 Å². The van der Waals surface area contributed by atoms with Crippen molar-refractivity contribution in [3.05, 3.63) is 54.6 Å². The third-order valence-corrected chi connectivity index (χ3v) is 6.86. The van der Waals surface area contributed by atoms with E-state index in [1.165, 1.54) is 0 Å². The van der Waals surface area contributed by atoms with Crippen molar-refractivity contribution in [1.82, 2.24) is 10.2 Å². The van der Waals surface area contributed by atoms with Crippen LogP contribution in [0.1, 0.15) is 26.7 Å². The number of nitrogens with one attached hydrogen (secondary N) is 1. The lowest BCUT2D eigenvalue weighted by Gasteiger charge is -2.05. The minimum Gasteiger partial charge on any atom is -0.403 e. The van der Waals surface area contributed by atoms with Crippen LogP contribution in [0.25, 0.3) is 11.5 Å². The minimum absolute atomic E-state index is 0.0113. The van der Waals surface area contributed by atoms with Crippen molar-refractivity contribution in [1.29, 1.82) is 0 Å². The highest BCUT2D eigenvalue weighted by molar-refractivity contribution is 7.99. The first-order chi connectivity index (χ1) is 14.3. The number of carbonyl (C=O) groups excluding carboxylic acids is 1. The van der Waals surface area contributed by atoms with Gasteiger partial charge in [0.2, 0.25) is 11.8 Å². The number of aromatic nitrogens is 2. The number of carbonyl (C=O) groups is 1. The van der Waals surface area contributed by atoms with E-state index in [0.717, 1.165) is 10.5 Å². The number of sulfone groups is 1. The van der Waals surface area contributed by atoms with E-state index in [-0.39, 0.29) is 35.4 Å². The van der Waals surface area contributed by atoms with Crippen LogP contribution in [0.4, 0.5) is 6.01 Å². The number of amides is 1. The quantitative estimate of drug-likeness (QED) is 0.486. The van der Waals surface area contributed by atoms with E-state index in [9.17, 15) is 13.2 Å². The van der Waals surface area contributed by atoms with Crippen molar-refractivity contribution in [2.24, 2.45) is 0 Å². The fraction of sp³-hybridized carbons (Fsp3) is 0.286. The Labute approximate surface area is 180 Å². The molecule has 2 aromatic carbocycles. The minimum atomic E-state index is -3.41. The number of anilines is 1. The van der Waals surface area contributed by atoms with Gasteiger partial charge >= 0.3 is 6.01 Å². The van der Waals surface area contributed by atoms with Crippen LogP contribution in [-0.2, 0) is 14.6 Å². The standard InChI is InChI=1S/C21H23N3O4S2/c1-15(2)29-17-9-6-8-16(14-17)20-23-24-21(28-20)22-19(25)12-7-13-30(26,27)18-10-4-3-5-11-18/h3-6,8-11,14-15H,7,12-13H2,1-2H3,(H,22,24,25). The van der Waals surface area contributed by atoms with Crippen molar-refractivity contribution >= 4 is 33.5 Å². The highest BCUT2D eigenvalue weighted by Crippen LogP contribution is 2.28. The van der Waals surface area contributed by atoms with Crippen LogP contribution >= 0.6 is 11.8 Å². The number of hydrogen-bond acceptors (Lipinski definition) is 7. The van der Waals surface area contributed by atoms with Crippen molar-refractivity contribution in [3.8, 4) is 11.5 Å². The van der Waals surface area contributed by atoms with Crippen LogP contribution in [0.2, 0.25) is 0 Å². The van der Waals surface area contributed by atoms with Gasteiger partial charge in [-0.3, -0.25) is 10.1 Å². The molecule has 0 aliphatic heterocycles. The molecule has 0 unspecified atom stereocenters. The third kappa shape index (κ3) is 6.17. The van der Waals surface area contributed by atoms with Gasteiger partial charge in [0.05, 0.1) is 10.6 Å². The van der Waals surface area contributed by atoms with Gasteiger partial charge in [-0.2, -0.15) is 0 Å². The molecule has 0 saturated heterocycles. The second kappa shape index (κ2) is 9.90. The van der Waals surface area contributed by atoms with Gasteiger partial charge in [-0.25, -0.2) is 8.42 Å². The first-order valence-electron chi connectivity index (χ1n) is 9.52. The fourth-order valence-electron chi connectivity index (χ4n) is 2.72. The van der Waals surface area contributed by atoms with Crippen molar-refractivity contribution < 1.29 is 17.6 Å². The van der Waals surface area contributed by atoms with Crippen LogP contribution in [-0.4, -0.2) is 35.5 Å². The van der Waals surface area contributed by atoms with E-state index in [2.05, 4.69) is 29.4 Å². The van der Waals surface area contributed by atoms with Gasteiger partial charge in [0.15, 0.2) is 9.84 Å². The average Bonchev–Trinajstić information content (AvgIpc) is 3.16. The van der Waals surface area contributed by atoms with E-state index >= 15 is 0 Å². The maximum absolute atomic E-state index is 12.3. The molecule has 30 heavy (non-hydrogen) atoms. The van der Waals surface area contributed by atoms with Crippen molar-refractivity contribution in [2.75, 3.05) is 11.1 Å². The molecule has 0 aliphatic rings. The Hall–Kier alpha value is -2.65. The molecule has 0 aliphatic carbocycles. The highest BCUT2D eigenvalue weighted by atomic mass is 32.2. The zero-order valence-corrected chi connectivity index (χ0v) is 18.4. The normalized spacial score (nSPS) is 11.6. The zero-order chi connectivity index (χ0) is 21.6. The molecule has 1 aromatic heterocycles. The number of rotatable bonds is 9. The Bertz CT molecular complexity index is 1100. The molecule has 3 aromatic rings. The monoisotopic (exact) mass is 445 g/mol. The Kier molecular flexibility index (Phi) is 7.28. The summed E-state index contributed by atoms with van der Waals surface area (Å²) >= 11 is 1.73. The summed E-state index contributed by atoms with van der Waals surface area (Å²) in [6.45, 7) is 4.23. The topological polar surface area (TPSA) is 102 Å². The van der Waals surface area contributed by atoms with Gasteiger partial charge in [-0.1, -0.05) is 43.2 Å². The smallest absolute Gasteiger partial charge is 0.322 e. The maximum Gasteiger partial charge on any atom is 0.322 e. The van der Waals surface area contributed by atoms with E-state index in [1.807, 2.05) is 24.3 Å². The number of nitrogens with zero attached hydrogens (tertiary/aromatic N) is 2. The summed E-state index contributed by atoms with van der Waals surface area (Å²) in [6.07, 6.45) is 0.225. The molecule has 7 nitrogen and oxygen atoms in total. The molecule has 1 amide bonds. The van der Waals surface area contributed by atoms with Crippen LogP contribution in [0.5, 0.6) is 0 Å². The summed E-state index contributed by atoms with van der Waals surface area (Å²) in [5, 5.41) is 10.8. The highest BCUT2D eigenvalue weighted by Gasteiger charge is 2.16. The van der Waals surface area contributed by atoms with Crippen LogP contribution in [0.3, 0.4) is 0 Å².